The number of carbonyl (C=O) groups excluding carboxylic acids is 2. The van der Waals surface area contributed by atoms with E-state index in [0.717, 1.165) is 12.8 Å². The fraction of sp³-hybridized carbons (Fsp3) is 0.375. The summed E-state index contributed by atoms with van der Waals surface area (Å²) in [6, 6.07) is 14.3. The molecule has 1 heterocycles. The molecule has 7 nitrogen and oxygen atoms in total. The quantitative estimate of drug-likeness (QED) is 0.672. The van der Waals surface area contributed by atoms with Gasteiger partial charge in [-0.15, -0.1) is 0 Å². The first-order valence-corrected chi connectivity index (χ1v) is 12.2. The summed E-state index contributed by atoms with van der Waals surface area (Å²) in [4.78, 5) is 27.6. The van der Waals surface area contributed by atoms with E-state index in [-0.39, 0.29) is 18.0 Å². The van der Waals surface area contributed by atoms with Gasteiger partial charge in [-0.25, -0.2) is 4.79 Å². The van der Waals surface area contributed by atoms with E-state index in [9.17, 15) is 14.1 Å². The van der Waals surface area contributed by atoms with Crippen molar-refractivity contribution in [2.75, 3.05) is 24.7 Å². The number of likely N-dealkylation sites (tertiary alicyclic amines) is 1. The number of nitrogens with zero attached hydrogens (tertiary/aromatic N) is 2. The smallest absolute Gasteiger partial charge is 0.319 e. The molecule has 32 heavy (non-hydrogen) atoms. The third kappa shape index (κ3) is 5.81. The lowest BCUT2D eigenvalue weighted by molar-refractivity contribution is 0.0709. The third-order valence-electron chi connectivity index (χ3n) is 5.49. The van der Waals surface area contributed by atoms with Crippen LogP contribution in [-0.4, -0.2) is 46.8 Å². The van der Waals surface area contributed by atoms with Gasteiger partial charge in [0, 0.05) is 24.8 Å². The lowest BCUT2D eigenvalue weighted by Gasteiger charge is -2.32. The van der Waals surface area contributed by atoms with Gasteiger partial charge < -0.3 is 20.1 Å². The summed E-state index contributed by atoms with van der Waals surface area (Å²) in [5, 5.41) is 14.4. The molecule has 1 saturated heterocycles. The van der Waals surface area contributed by atoms with E-state index in [1.54, 1.807) is 29.4 Å². The van der Waals surface area contributed by atoms with Crippen molar-refractivity contribution in [3.05, 3.63) is 59.2 Å². The van der Waals surface area contributed by atoms with Gasteiger partial charge in [0.25, 0.3) is 5.91 Å². The van der Waals surface area contributed by atoms with Crippen LogP contribution in [0.3, 0.4) is 0 Å². The molecule has 0 saturated carbocycles. The Hall–Kier alpha value is -3.02. The van der Waals surface area contributed by atoms with Crippen molar-refractivity contribution >= 4 is 28.8 Å². The Labute approximate surface area is 192 Å². The Balaban J connectivity index is 1.72. The number of rotatable bonds is 5. The van der Waals surface area contributed by atoms with E-state index in [0.29, 0.717) is 40.7 Å². The highest BCUT2D eigenvalue weighted by Gasteiger charge is 2.28. The first kappa shape index (κ1) is 23.6. The summed E-state index contributed by atoms with van der Waals surface area (Å²) in [7, 11) is 0. The summed E-state index contributed by atoms with van der Waals surface area (Å²) in [6.07, 6.45) is 3.18. The number of urea groups is 1. The number of nitrogens with one attached hydrogen (secondary N) is 2. The first-order valence-electron chi connectivity index (χ1n) is 10.6. The average molecular weight is 453 g/mol. The monoisotopic (exact) mass is 452 g/mol. The van der Waals surface area contributed by atoms with Crippen LogP contribution in [0.5, 0.6) is 0 Å². The number of hydrogen-bond donors (Lipinski definition) is 2. The number of carbonyl (C=O) groups is 2. The van der Waals surface area contributed by atoms with Crippen molar-refractivity contribution < 1.29 is 14.1 Å². The van der Waals surface area contributed by atoms with E-state index in [2.05, 4.69) is 16.7 Å². The molecule has 2 aromatic rings. The molecule has 1 unspecified atom stereocenters. The highest BCUT2D eigenvalue weighted by atomic mass is 32.2. The van der Waals surface area contributed by atoms with Gasteiger partial charge in [-0.2, -0.15) is 5.26 Å². The topological polar surface area (TPSA) is 108 Å². The molecule has 1 aliphatic heterocycles. The Morgan fingerprint density at radius 2 is 1.81 bits per heavy atom. The van der Waals surface area contributed by atoms with Crippen molar-refractivity contribution in [2.45, 2.75) is 43.5 Å². The molecule has 1 fully saturated rings. The minimum atomic E-state index is -1.34. The predicted octanol–water partition coefficient (Wildman–Crippen LogP) is 3.85. The third-order valence-corrected chi connectivity index (χ3v) is 6.47. The molecule has 0 aromatic heterocycles. The lowest BCUT2D eigenvalue weighted by Crippen LogP contribution is -2.38. The molecule has 3 amide bonds. The second-order valence-corrected chi connectivity index (χ2v) is 9.57. The first-order chi connectivity index (χ1) is 15.3. The summed E-state index contributed by atoms with van der Waals surface area (Å²) >= 11 is -1.34. The van der Waals surface area contributed by atoms with Crippen molar-refractivity contribution in [1.82, 2.24) is 10.2 Å². The Bertz CT molecular complexity index is 1010. The van der Waals surface area contributed by atoms with Crippen LogP contribution in [0.15, 0.2) is 47.4 Å². The van der Waals surface area contributed by atoms with Gasteiger partial charge in [0.2, 0.25) is 0 Å². The van der Waals surface area contributed by atoms with Crippen LogP contribution in [0.1, 0.15) is 54.1 Å². The highest BCUT2D eigenvalue weighted by Crippen LogP contribution is 2.30. The van der Waals surface area contributed by atoms with Gasteiger partial charge in [0.1, 0.15) is 6.26 Å². The molecule has 0 radical (unpaired) electrons. The van der Waals surface area contributed by atoms with E-state index in [1.165, 1.54) is 5.56 Å². The van der Waals surface area contributed by atoms with Crippen LogP contribution in [0.4, 0.5) is 10.5 Å². The molecule has 0 spiro atoms. The zero-order chi connectivity index (χ0) is 23.3. The number of nitriles is 1. The molecule has 8 heteroatoms. The minimum Gasteiger partial charge on any atom is -0.612 e. The van der Waals surface area contributed by atoms with E-state index < -0.39 is 11.2 Å². The Morgan fingerprint density at radius 3 is 2.38 bits per heavy atom. The zero-order valence-corrected chi connectivity index (χ0v) is 19.4. The zero-order valence-electron chi connectivity index (χ0n) is 18.6. The van der Waals surface area contributed by atoms with Gasteiger partial charge >= 0.3 is 6.03 Å². The van der Waals surface area contributed by atoms with Gasteiger partial charge in [-0.1, -0.05) is 12.1 Å². The Kier molecular flexibility index (Phi) is 7.78. The number of piperidine rings is 1. The molecule has 3 rings (SSSR count). The van der Waals surface area contributed by atoms with Crippen LogP contribution in [0, 0.1) is 11.3 Å². The number of benzene rings is 2. The molecule has 0 bridgehead atoms. The van der Waals surface area contributed by atoms with Crippen LogP contribution in [0.25, 0.3) is 0 Å². The van der Waals surface area contributed by atoms with Gasteiger partial charge in [-0.05, 0) is 79.7 Å². The highest BCUT2D eigenvalue weighted by molar-refractivity contribution is 7.90. The summed E-state index contributed by atoms with van der Waals surface area (Å²) < 4.78 is 12.2. The van der Waals surface area contributed by atoms with E-state index >= 15 is 0 Å². The van der Waals surface area contributed by atoms with Crippen molar-refractivity contribution in [3.8, 4) is 6.07 Å². The minimum absolute atomic E-state index is 0.0177. The van der Waals surface area contributed by atoms with Crippen molar-refractivity contribution in [1.29, 1.82) is 5.26 Å². The lowest BCUT2D eigenvalue weighted by atomic mass is 9.89. The molecule has 168 valence electrons. The van der Waals surface area contributed by atoms with Crippen LogP contribution >= 0.6 is 0 Å². The van der Waals surface area contributed by atoms with Crippen molar-refractivity contribution in [3.63, 3.8) is 0 Å². The Morgan fingerprint density at radius 1 is 1.16 bits per heavy atom. The van der Waals surface area contributed by atoms with Gasteiger partial charge in [0.05, 0.1) is 17.2 Å². The molecule has 1 aliphatic rings. The van der Waals surface area contributed by atoms with Crippen molar-refractivity contribution in [2.24, 2.45) is 0 Å². The number of hydrogen-bond acceptors (Lipinski definition) is 4. The summed E-state index contributed by atoms with van der Waals surface area (Å²) in [6.45, 7) is 4.90. The van der Waals surface area contributed by atoms with Crippen LogP contribution < -0.4 is 10.6 Å². The van der Waals surface area contributed by atoms with Gasteiger partial charge in [0.15, 0.2) is 4.90 Å². The van der Waals surface area contributed by atoms with Crippen LogP contribution in [-0.2, 0) is 11.2 Å². The maximum absolute atomic E-state index is 13.3. The standard InChI is InChI=1S/C24H28N4O3S/c1-16(2)26-24(30)27-20-8-9-22(32(3)31)21(14-20)23(29)28-12-10-19(11-13-28)18-6-4-17(15-25)5-7-18/h4-9,14,16,19H,10-13H2,1-3H3,(H2,26,27,30). The maximum atomic E-state index is 13.3. The maximum Gasteiger partial charge on any atom is 0.319 e. The second kappa shape index (κ2) is 10.5. The average Bonchev–Trinajstić information content (AvgIpc) is 2.78. The normalized spacial score (nSPS) is 15.2. The van der Waals surface area contributed by atoms with Gasteiger partial charge in [-0.3, -0.25) is 4.79 Å². The summed E-state index contributed by atoms with van der Waals surface area (Å²) in [5.74, 6) is 0.153. The molecule has 1 atom stereocenters. The number of anilines is 1. The fourth-order valence-corrected chi connectivity index (χ4v) is 4.59. The second-order valence-electron chi connectivity index (χ2n) is 8.22. The molecular formula is C24H28N4O3S. The SMILES string of the molecule is CC(C)NC(=O)Nc1ccc([S+](C)[O-])c(C(=O)N2CCC(c3ccc(C#N)cc3)CC2)c1. The summed E-state index contributed by atoms with van der Waals surface area (Å²) in [5.41, 5.74) is 2.64. The molecular weight excluding hydrogens is 424 g/mol. The van der Waals surface area contributed by atoms with E-state index in [1.807, 2.05) is 38.1 Å². The molecule has 2 aromatic carbocycles. The largest absolute Gasteiger partial charge is 0.612 e. The molecule has 2 N–H and O–H groups in total. The fourth-order valence-electron chi connectivity index (χ4n) is 3.87. The predicted molar refractivity (Wildman–Crippen MR) is 125 cm³/mol. The van der Waals surface area contributed by atoms with Crippen LogP contribution in [0.2, 0.25) is 0 Å². The number of amides is 3. The van der Waals surface area contributed by atoms with E-state index in [4.69, 9.17) is 5.26 Å². The molecule has 0 aliphatic carbocycles.